The van der Waals surface area contributed by atoms with Crippen LogP contribution in [0.2, 0.25) is 0 Å². The summed E-state index contributed by atoms with van der Waals surface area (Å²) in [5, 5.41) is 5.78. The molecule has 1 saturated heterocycles. The van der Waals surface area contributed by atoms with Crippen LogP contribution in [0.5, 0.6) is 5.75 Å². The average Bonchev–Trinajstić information content (AvgIpc) is 2.80. The highest BCUT2D eigenvalue weighted by Gasteiger charge is 2.23. The van der Waals surface area contributed by atoms with Gasteiger partial charge in [-0.15, -0.1) is 0 Å². The van der Waals surface area contributed by atoms with Crippen LogP contribution in [0.4, 0.5) is 5.69 Å². The van der Waals surface area contributed by atoms with E-state index in [-0.39, 0.29) is 11.0 Å². The molecule has 0 spiro atoms. The van der Waals surface area contributed by atoms with Gasteiger partial charge < -0.3 is 19.7 Å². The summed E-state index contributed by atoms with van der Waals surface area (Å²) in [5.74, 6) is 0.590. The number of piperidine rings is 1. The highest BCUT2D eigenvalue weighted by molar-refractivity contribution is 9.10. The Morgan fingerprint density at radius 3 is 2.58 bits per heavy atom. The van der Waals surface area contributed by atoms with Crippen molar-refractivity contribution in [2.75, 3.05) is 38.7 Å². The Balaban J connectivity index is 1.69. The van der Waals surface area contributed by atoms with E-state index in [1.807, 2.05) is 17.0 Å². The SMILES string of the molecule is COCCOc1ccc(Br)cc1C(=O)NC(=S)Nc1ccccc1C(=O)N1CCC(C)CC1. The van der Waals surface area contributed by atoms with E-state index in [1.54, 1.807) is 37.4 Å². The third-order valence-electron chi connectivity index (χ3n) is 5.43. The van der Waals surface area contributed by atoms with Crippen molar-refractivity contribution >= 4 is 50.8 Å². The summed E-state index contributed by atoms with van der Waals surface area (Å²) in [6.45, 7) is 4.40. The molecule has 1 fully saturated rings. The summed E-state index contributed by atoms with van der Waals surface area (Å²) < 4.78 is 11.4. The van der Waals surface area contributed by atoms with Crippen molar-refractivity contribution in [1.29, 1.82) is 0 Å². The molecule has 2 N–H and O–H groups in total. The number of carbonyl (C=O) groups excluding carboxylic acids is 2. The molecule has 1 heterocycles. The van der Waals surface area contributed by atoms with Crippen LogP contribution in [0, 0.1) is 5.92 Å². The number of halogens is 1. The van der Waals surface area contributed by atoms with Gasteiger partial charge in [0.2, 0.25) is 0 Å². The fourth-order valence-electron chi connectivity index (χ4n) is 3.53. The highest BCUT2D eigenvalue weighted by Crippen LogP contribution is 2.24. The first-order valence-corrected chi connectivity index (χ1v) is 12.0. The number of hydrogen-bond acceptors (Lipinski definition) is 5. The molecular formula is C24H28BrN3O4S. The number of methoxy groups -OCH3 is 1. The van der Waals surface area contributed by atoms with Crippen molar-refractivity contribution in [2.45, 2.75) is 19.8 Å². The zero-order valence-electron chi connectivity index (χ0n) is 18.7. The number of para-hydroxylation sites is 1. The fraction of sp³-hybridized carbons (Fsp3) is 0.375. The largest absolute Gasteiger partial charge is 0.490 e. The fourth-order valence-corrected chi connectivity index (χ4v) is 4.09. The lowest BCUT2D eigenvalue weighted by Crippen LogP contribution is -2.39. The molecule has 0 unspecified atom stereocenters. The molecule has 0 saturated carbocycles. The third-order valence-corrected chi connectivity index (χ3v) is 6.13. The molecule has 1 aliphatic rings. The number of nitrogens with zero attached hydrogens (tertiary/aromatic N) is 1. The van der Waals surface area contributed by atoms with E-state index in [2.05, 4.69) is 33.5 Å². The van der Waals surface area contributed by atoms with Crippen LogP contribution in [0.3, 0.4) is 0 Å². The van der Waals surface area contributed by atoms with Gasteiger partial charge in [-0.3, -0.25) is 14.9 Å². The molecule has 0 bridgehead atoms. The molecule has 0 aliphatic carbocycles. The highest BCUT2D eigenvalue weighted by atomic mass is 79.9. The number of likely N-dealkylation sites (tertiary alicyclic amines) is 1. The van der Waals surface area contributed by atoms with E-state index in [1.165, 1.54) is 0 Å². The number of thiocarbonyl (C=S) groups is 1. The zero-order chi connectivity index (χ0) is 23.8. The Hall–Kier alpha value is -2.49. The lowest BCUT2D eigenvalue weighted by molar-refractivity contribution is 0.0698. The second-order valence-electron chi connectivity index (χ2n) is 7.91. The van der Waals surface area contributed by atoms with Gasteiger partial charge in [-0.1, -0.05) is 35.0 Å². The number of nitrogens with one attached hydrogen (secondary N) is 2. The van der Waals surface area contributed by atoms with Crippen LogP contribution in [-0.2, 0) is 4.74 Å². The molecule has 9 heteroatoms. The molecule has 0 aromatic heterocycles. The van der Waals surface area contributed by atoms with Gasteiger partial charge in [-0.05, 0) is 61.3 Å². The summed E-state index contributed by atoms with van der Waals surface area (Å²) >= 11 is 8.75. The molecular weight excluding hydrogens is 506 g/mol. The van der Waals surface area contributed by atoms with Crippen molar-refractivity contribution < 1.29 is 19.1 Å². The molecule has 7 nitrogen and oxygen atoms in total. The van der Waals surface area contributed by atoms with E-state index in [0.717, 1.165) is 30.4 Å². The normalized spacial score (nSPS) is 14.0. The maximum atomic E-state index is 13.1. The molecule has 0 radical (unpaired) electrons. The van der Waals surface area contributed by atoms with Gasteiger partial charge in [-0.2, -0.15) is 0 Å². The van der Waals surface area contributed by atoms with Crippen LogP contribution in [0.1, 0.15) is 40.5 Å². The Morgan fingerprint density at radius 1 is 1.12 bits per heavy atom. The first-order chi connectivity index (χ1) is 15.9. The number of rotatable bonds is 7. The van der Waals surface area contributed by atoms with Crippen molar-refractivity contribution in [3.8, 4) is 5.75 Å². The number of benzene rings is 2. The second kappa shape index (κ2) is 12.1. The maximum absolute atomic E-state index is 13.1. The number of hydrogen-bond donors (Lipinski definition) is 2. The van der Waals surface area contributed by atoms with Crippen molar-refractivity contribution in [1.82, 2.24) is 10.2 Å². The Labute approximate surface area is 207 Å². The van der Waals surface area contributed by atoms with Crippen LogP contribution >= 0.6 is 28.1 Å². The number of carbonyl (C=O) groups is 2. The average molecular weight is 534 g/mol. The lowest BCUT2D eigenvalue weighted by Gasteiger charge is -2.31. The van der Waals surface area contributed by atoms with Gasteiger partial charge >= 0.3 is 0 Å². The first-order valence-electron chi connectivity index (χ1n) is 10.8. The van der Waals surface area contributed by atoms with E-state index in [9.17, 15) is 9.59 Å². The van der Waals surface area contributed by atoms with Crippen LogP contribution in [-0.4, -0.2) is 55.2 Å². The molecule has 2 aromatic carbocycles. The van der Waals surface area contributed by atoms with Crippen molar-refractivity contribution in [2.24, 2.45) is 5.92 Å². The van der Waals surface area contributed by atoms with Gasteiger partial charge in [0.1, 0.15) is 12.4 Å². The van der Waals surface area contributed by atoms with Gasteiger partial charge in [0.15, 0.2) is 5.11 Å². The van der Waals surface area contributed by atoms with Gasteiger partial charge in [0.05, 0.1) is 23.4 Å². The molecule has 176 valence electrons. The molecule has 3 rings (SSSR count). The molecule has 33 heavy (non-hydrogen) atoms. The summed E-state index contributed by atoms with van der Waals surface area (Å²) in [4.78, 5) is 27.9. The number of anilines is 1. The van der Waals surface area contributed by atoms with Gasteiger partial charge in [0, 0.05) is 24.7 Å². The smallest absolute Gasteiger partial charge is 0.261 e. The van der Waals surface area contributed by atoms with Crippen LogP contribution < -0.4 is 15.4 Å². The van der Waals surface area contributed by atoms with Crippen molar-refractivity contribution in [3.05, 3.63) is 58.1 Å². The monoisotopic (exact) mass is 533 g/mol. The minimum atomic E-state index is -0.421. The predicted octanol–water partition coefficient (Wildman–Crippen LogP) is 4.47. The van der Waals surface area contributed by atoms with E-state index in [4.69, 9.17) is 21.7 Å². The summed E-state index contributed by atoms with van der Waals surface area (Å²) in [5.41, 5.74) is 1.41. The Bertz CT molecular complexity index is 1010. The zero-order valence-corrected chi connectivity index (χ0v) is 21.1. The predicted molar refractivity (Wildman–Crippen MR) is 136 cm³/mol. The summed E-state index contributed by atoms with van der Waals surface area (Å²) in [6, 6.07) is 12.3. The van der Waals surface area contributed by atoms with E-state index in [0.29, 0.717) is 41.7 Å². The summed E-state index contributed by atoms with van der Waals surface area (Å²) in [7, 11) is 1.58. The standard InChI is InChI=1S/C24H28BrN3O4S/c1-16-9-11-28(12-10-16)23(30)18-5-3-4-6-20(18)26-24(33)27-22(29)19-15-17(25)7-8-21(19)32-14-13-31-2/h3-8,15-16H,9-14H2,1-2H3,(H2,26,27,29,33). The second-order valence-corrected chi connectivity index (χ2v) is 9.23. The minimum absolute atomic E-state index is 0.0417. The first kappa shape index (κ1) is 25.1. The van der Waals surface area contributed by atoms with Crippen LogP contribution in [0.25, 0.3) is 0 Å². The molecule has 0 atom stereocenters. The topological polar surface area (TPSA) is 79.9 Å². The van der Waals surface area contributed by atoms with E-state index < -0.39 is 5.91 Å². The molecule has 2 aromatic rings. The Morgan fingerprint density at radius 2 is 1.85 bits per heavy atom. The minimum Gasteiger partial charge on any atom is -0.490 e. The Kier molecular flexibility index (Phi) is 9.22. The molecule has 1 aliphatic heterocycles. The van der Waals surface area contributed by atoms with Gasteiger partial charge in [-0.25, -0.2) is 0 Å². The third kappa shape index (κ3) is 6.99. The summed E-state index contributed by atoms with van der Waals surface area (Å²) in [6.07, 6.45) is 1.99. The van der Waals surface area contributed by atoms with E-state index >= 15 is 0 Å². The number of amides is 2. The van der Waals surface area contributed by atoms with Crippen molar-refractivity contribution in [3.63, 3.8) is 0 Å². The maximum Gasteiger partial charge on any atom is 0.261 e. The lowest BCUT2D eigenvalue weighted by atomic mass is 9.98. The van der Waals surface area contributed by atoms with Crippen LogP contribution in [0.15, 0.2) is 46.9 Å². The number of ether oxygens (including phenoxy) is 2. The van der Waals surface area contributed by atoms with Gasteiger partial charge in [0.25, 0.3) is 11.8 Å². The quantitative estimate of drug-likeness (QED) is 0.403. The molecule has 2 amide bonds.